The van der Waals surface area contributed by atoms with Gasteiger partial charge >= 0.3 is 0 Å². The molecule has 3 aromatic carbocycles. The molecule has 4 rings (SSSR count). The second-order valence-corrected chi connectivity index (χ2v) is 9.31. The third kappa shape index (κ3) is 6.37. The maximum absolute atomic E-state index is 13.5. The summed E-state index contributed by atoms with van der Waals surface area (Å²) < 4.78 is 20.6. The van der Waals surface area contributed by atoms with Crippen LogP contribution in [0.1, 0.15) is 11.1 Å². The molecular formula is C28H27FN4O3S. The Labute approximate surface area is 219 Å². The number of anilines is 2. The lowest BCUT2D eigenvalue weighted by Crippen LogP contribution is -2.21. The third-order valence-electron chi connectivity index (χ3n) is 5.72. The van der Waals surface area contributed by atoms with Gasteiger partial charge in [-0.3, -0.25) is 9.59 Å². The van der Waals surface area contributed by atoms with Crippen LogP contribution in [0.15, 0.2) is 78.1 Å². The number of hydrogen-bond acceptors (Lipinski definition) is 5. The summed E-state index contributed by atoms with van der Waals surface area (Å²) in [6.07, 6.45) is 1.62. The minimum Gasteiger partial charge on any atom is -0.495 e. The number of carbonyl (C=O) groups is 2. The van der Waals surface area contributed by atoms with Gasteiger partial charge in [0.05, 0.1) is 30.4 Å². The summed E-state index contributed by atoms with van der Waals surface area (Å²) >= 11 is 1.22. The molecule has 0 fully saturated rings. The molecule has 0 aliphatic rings. The van der Waals surface area contributed by atoms with Crippen LogP contribution in [0, 0.1) is 19.7 Å². The number of nitrogens with one attached hydrogen (secondary N) is 2. The Kier molecular flexibility index (Phi) is 8.25. The molecule has 37 heavy (non-hydrogen) atoms. The zero-order chi connectivity index (χ0) is 26.4. The van der Waals surface area contributed by atoms with E-state index in [1.54, 1.807) is 41.1 Å². The van der Waals surface area contributed by atoms with Crippen LogP contribution >= 0.6 is 11.8 Å². The van der Waals surface area contributed by atoms with Crippen molar-refractivity contribution >= 4 is 35.0 Å². The average Bonchev–Trinajstić information content (AvgIpc) is 3.28. The van der Waals surface area contributed by atoms with E-state index in [2.05, 4.69) is 15.6 Å². The molecule has 0 aliphatic heterocycles. The highest BCUT2D eigenvalue weighted by atomic mass is 32.2. The molecule has 2 N–H and O–H groups in total. The van der Waals surface area contributed by atoms with E-state index < -0.39 is 0 Å². The SMILES string of the molecule is COc1ccccc1NC(=O)Cn1c(-c2ccc(F)cc2)cnc1SCC(=O)Nc1c(C)cccc1C. The van der Waals surface area contributed by atoms with Crippen LogP contribution in [0.4, 0.5) is 15.8 Å². The van der Waals surface area contributed by atoms with E-state index in [1.807, 2.05) is 38.1 Å². The number of aromatic nitrogens is 2. The molecule has 2 amide bonds. The van der Waals surface area contributed by atoms with Gasteiger partial charge in [0.25, 0.3) is 0 Å². The monoisotopic (exact) mass is 518 g/mol. The number of aryl methyl sites for hydroxylation is 2. The Balaban J connectivity index is 1.55. The van der Waals surface area contributed by atoms with Crippen molar-refractivity contribution in [2.75, 3.05) is 23.5 Å². The van der Waals surface area contributed by atoms with Gasteiger partial charge in [-0.05, 0) is 66.9 Å². The number of para-hydroxylation sites is 3. The van der Waals surface area contributed by atoms with E-state index >= 15 is 0 Å². The van der Waals surface area contributed by atoms with Crippen LogP contribution in [-0.2, 0) is 16.1 Å². The smallest absolute Gasteiger partial charge is 0.244 e. The van der Waals surface area contributed by atoms with Gasteiger partial charge < -0.3 is 19.9 Å². The van der Waals surface area contributed by atoms with E-state index in [0.29, 0.717) is 27.9 Å². The minimum atomic E-state index is -0.360. The van der Waals surface area contributed by atoms with Crippen LogP contribution < -0.4 is 15.4 Å². The minimum absolute atomic E-state index is 0.0639. The summed E-state index contributed by atoms with van der Waals surface area (Å²) in [4.78, 5) is 30.2. The summed E-state index contributed by atoms with van der Waals surface area (Å²) in [7, 11) is 1.53. The molecule has 190 valence electrons. The van der Waals surface area contributed by atoms with Crippen molar-refractivity contribution < 1.29 is 18.7 Å². The lowest BCUT2D eigenvalue weighted by molar-refractivity contribution is -0.117. The highest BCUT2D eigenvalue weighted by Gasteiger charge is 2.18. The van der Waals surface area contributed by atoms with E-state index in [-0.39, 0.29) is 29.9 Å². The summed E-state index contributed by atoms with van der Waals surface area (Å²) in [6.45, 7) is 3.82. The molecule has 0 atom stereocenters. The number of ether oxygens (including phenoxy) is 1. The third-order valence-corrected chi connectivity index (χ3v) is 6.71. The first kappa shape index (κ1) is 26.0. The quantitative estimate of drug-likeness (QED) is 0.278. The Morgan fingerprint density at radius 1 is 0.946 bits per heavy atom. The first-order chi connectivity index (χ1) is 17.9. The zero-order valence-electron chi connectivity index (χ0n) is 20.7. The van der Waals surface area contributed by atoms with Crippen molar-refractivity contribution in [2.24, 2.45) is 0 Å². The lowest BCUT2D eigenvalue weighted by Gasteiger charge is -2.14. The topological polar surface area (TPSA) is 85.2 Å². The van der Waals surface area contributed by atoms with Gasteiger partial charge in [-0.1, -0.05) is 42.1 Å². The predicted octanol–water partition coefficient (Wildman–Crippen LogP) is 5.68. The van der Waals surface area contributed by atoms with E-state index in [1.165, 1.54) is 31.0 Å². The summed E-state index contributed by atoms with van der Waals surface area (Å²) in [5.41, 5.74) is 4.62. The number of benzene rings is 3. The van der Waals surface area contributed by atoms with Crippen molar-refractivity contribution in [3.8, 4) is 17.0 Å². The summed E-state index contributed by atoms with van der Waals surface area (Å²) in [5.74, 6) is -0.201. The maximum atomic E-state index is 13.5. The number of rotatable bonds is 9. The molecular weight excluding hydrogens is 491 g/mol. The zero-order valence-corrected chi connectivity index (χ0v) is 21.6. The van der Waals surface area contributed by atoms with Crippen LogP contribution in [0.2, 0.25) is 0 Å². The molecule has 0 saturated heterocycles. The predicted molar refractivity (Wildman–Crippen MR) is 145 cm³/mol. The molecule has 0 saturated carbocycles. The van der Waals surface area contributed by atoms with Crippen LogP contribution in [0.25, 0.3) is 11.3 Å². The summed E-state index contributed by atoms with van der Waals surface area (Å²) in [6, 6.07) is 18.9. The second-order valence-electron chi connectivity index (χ2n) is 8.37. The van der Waals surface area contributed by atoms with Gasteiger partial charge in [0.1, 0.15) is 18.1 Å². The fraction of sp³-hybridized carbons (Fsp3) is 0.179. The van der Waals surface area contributed by atoms with Crippen molar-refractivity contribution in [2.45, 2.75) is 25.5 Å². The number of halogens is 1. The number of amides is 2. The fourth-order valence-electron chi connectivity index (χ4n) is 3.88. The Morgan fingerprint density at radius 3 is 2.35 bits per heavy atom. The highest BCUT2D eigenvalue weighted by Crippen LogP contribution is 2.28. The Bertz CT molecular complexity index is 1400. The van der Waals surface area contributed by atoms with E-state index in [9.17, 15) is 14.0 Å². The van der Waals surface area contributed by atoms with Gasteiger partial charge in [-0.25, -0.2) is 9.37 Å². The number of imidazole rings is 1. The van der Waals surface area contributed by atoms with Gasteiger partial charge in [-0.15, -0.1) is 0 Å². The van der Waals surface area contributed by atoms with Gasteiger partial charge in [0.15, 0.2) is 5.16 Å². The number of carbonyl (C=O) groups excluding carboxylic acids is 2. The number of thioether (sulfide) groups is 1. The maximum Gasteiger partial charge on any atom is 0.244 e. The first-order valence-corrected chi connectivity index (χ1v) is 12.6. The van der Waals surface area contributed by atoms with Gasteiger partial charge in [0.2, 0.25) is 11.8 Å². The van der Waals surface area contributed by atoms with Crippen LogP contribution in [-0.4, -0.2) is 34.2 Å². The number of hydrogen-bond donors (Lipinski definition) is 2. The molecule has 0 radical (unpaired) electrons. The standard InChI is InChI=1S/C28H27FN4O3S/c1-18-7-6-8-19(2)27(18)32-26(35)17-37-28-30-15-23(20-11-13-21(29)14-12-20)33(28)16-25(34)31-22-9-4-5-10-24(22)36-3/h4-15H,16-17H2,1-3H3,(H,31,34)(H,32,35). The van der Waals surface area contributed by atoms with E-state index in [0.717, 1.165) is 16.8 Å². The molecule has 7 nitrogen and oxygen atoms in total. The second kappa shape index (κ2) is 11.7. The molecule has 4 aromatic rings. The van der Waals surface area contributed by atoms with Crippen molar-refractivity contribution in [3.63, 3.8) is 0 Å². The van der Waals surface area contributed by atoms with E-state index in [4.69, 9.17) is 4.74 Å². The number of nitrogens with zero attached hydrogens (tertiary/aromatic N) is 2. The molecule has 9 heteroatoms. The molecule has 0 spiro atoms. The Hall–Kier alpha value is -4.11. The lowest BCUT2D eigenvalue weighted by atomic mass is 10.1. The van der Waals surface area contributed by atoms with Crippen molar-refractivity contribution in [1.82, 2.24) is 9.55 Å². The normalized spacial score (nSPS) is 10.7. The van der Waals surface area contributed by atoms with Crippen LogP contribution in [0.5, 0.6) is 5.75 Å². The first-order valence-electron chi connectivity index (χ1n) is 11.6. The average molecular weight is 519 g/mol. The molecule has 0 unspecified atom stereocenters. The van der Waals surface area contributed by atoms with Gasteiger partial charge in [0, 0.05) is 5.69 Å². The van der Waals surface area contributed by atoms with Crippen LogP contribution in [0.3, 0.4) is 0 Å². The molecule has 0 aliphatic carbocycles. The molecule has 1 heterocycles. The molecule has 1 aromatic heterocycles. The number of methoxy groups -OCH3 is 1. The molecule has 0 bridgehead atoms. The largest absolute Gasteiger partial charge is 0.495 e. The van der Waals surface area contributed by atoms with Gasteiger partial charge in [-0.2, -0.15) is 0 Å². The highest BCUT2D eigenvalue weighted by molar-refractivity contribution is 7.99. The fourth-order valence-corrected chi connectivity index (χ4v) is 4.65. The van der Waals surface area contributed by atoms with Crippen molar-refractivity contribution in [3.05, 3.63) is 89.9 Å². The van der Waals surface area contributed by atoms with Crippen molar-refractivity contribution in [1.29, 1.82) is 0 Å². The Morgan fingerprint density at radius 2 is 1.65 bits per heavy atom. The summed E-state index contributed by atoms with van der Waals surface area (Å²) in [5, 5.41) is 6.32.